The molecular weight excluding hydrogens is 553 g/mol. The van der Waals surface area contributed by atoms with E-state index in [0.29, 0.717) is 63.0 Å². The molecule has 3 heterocycles. The van der Waals surface area contributed by atoms with Gasteiger partial charge in [-0.05, 0) is 35.9 Å². The first kappa shape index (κ1) is 27.9. The first-order valence-electron chi connectivity index (χ1n) is 12.2. The van der Waals surface area contributed by atoms with Crippen LogP contribution in [0.2, 0.25) is 0 Å². The van der Waals surface area contributed by atoms with Crippen molar-refractivity contribution >= 4 is 35.0 Å². The minimum atomic E-state index is -4.76. The molecule has 0 aliphatic carbocycles. The number of hydrogen-bond acceptors (Lipinski definition) is 7. The fourth-order valence-electron chi connectivity index (χ4n) is 4.58. The maximum absolute atomic E-state index is 15.2. The number of carbonyl (C=O) groups excluding carboxylic acids is 2. The second-order valence-corrected chi connectivity index (χ2v) is 9.11. The smallest absolute Gasteiger partial charge is 0.382 e. The number of halogens is 5. The van der Waals surface area contributed by atoms with Crippen molar-refractivity contribution in [1.82, 2.24) is 19.5 Å². The zero-order chi connectivity index (χ0) is 29.3. The summed E-state index contributed by atoms with van der Waals surface area (Å²) in [7, 11) is 0. The fraction of sp³-hybridized carbons (Fsp3) is 0.231. The van der Waals surface area contributed by atoms with Gasteiger partial charge >= 0.3 is 12.2 Å². The number of urea groups is 1. The van der Waals surface area contributed by atoms with Gasteiger partial charge in [0.1, 0.15) is 23.5 Å². The average Bonchev–Trinajstić information content (AvgIpc) is 3.25. The molecule has 4 N–H and O–H groups in total. The van der Waals surface area contributed by atoms with Crippen LogP contribution in [0.4, 0.5) is 43.9 Å². The molecule has 0 unspecified atom stereocenters. The lowest BCUT2D eigenvalue weighted by molar-refractivity contribution is -0.137. The summed E-state index contributed by atoms with van der Waals surface area (Å²) >= 11 is 0. The topological polar surface area (TPSA) is 127 Å². The molecule has 0 bridgehead atoms. The Morgan fingerprint density at radius 2 is 1.78 bits per heavy atom. The lowest BCUT2D eigenvalue weighted by atomic mass is 10.0. The van der Waals surface area contributed by atoms with Crippen molar-refractivity contribution in [2.45, 2.75) is 12.7 Å². The lowest BCUT2D eigenvalue weighted by Gasteiger charge is -2.26. The molecule has 15 heteroatoms. The maximum Gasteiger partial charge on any atom is 0.416 e. The minimum absolute atomic E-state index is 0.0522. The number of aldehydes is 1. The molecule has 2 amide bonds. The standard InChI is InChI=1S/C26H22F5N7O3/c27-17-3-2-15(26(29,30)31)10-20(17)36-25(40)35-19-4-1-14(9-18(19)28)22-16(12-39)21(11-37-5-7-41-8-6-37)38-23(22)24(32)33-13-34-38/h1-4,9-10,12-13H,5-8,11H2,(H2,32,33,34)(H2,35,36,40). The van der Waals surface area contributed by atoms with Crippen molar-refractivity contribution in [3.05, 3.63) is 71.2 Å². The number of ether oxygens (including phenoxy) is 1. The monoisotopic (exact) mass is 575 g/mol. The number of anilines is 3. The number of fused-ring (bicyclic) bond motifs is 1. The second-order valence-electron chi connectivity index (χ2n) is 9.11. The fourth-order valence-corrected chi connectivity index (χ4v) is 4.58. The number of hydrogen-bond donors (Lipinski definition) is 3. The molecule has 1 saturated heterocycles. The number of rotatable bonds is 6. The number of amides is 2. The van der Waals surface area contributed by atoms with Gasteiger partial charge in [0, 0.05) is 30.8 Å². The van der Waals surface area contributed by atoms with E-state index in [1.807, 2.05) is 5.32 Å². The molecule has 2 aromatic heterocycles. The van der Waals surface area contributed by atoms with Gasteiger partial charge in [0.15, 0.2) is 12.1 Å². The number of nitrogens with two attached hydrogens (primary N) is 1. The summed E-state index contributed by atoms with van der Waals surface area (Å²) in [5.41, 5.74) is 5.41. The Balaban J connectivity index is 1.45. The van der Waals surface area contributed by atoms with Crippen LogP contribution in [0.1, 0.15) is 21.6 Å². The third-order valence-electron chi connectivity index (χ3n) is 6.53. The highest BCUT2D eigenvalue weighted by molar-refractivity contribution is 6.02. The number of benzene rings is 2. The summed E-state index contributed by atoms with van der Waals surface area (Å²) in [6, 6.07) is 3.98. The Labute approximate surface area is 228 Å². The van der Waals surface area contributed by atoms with Gasteiger partial charge in [0.25, 0.3) is 0 Å². The SMILES string of the molecule is Nc1ncnn2c(CN3CCOCC3)c(C=O)c(-c3ccc(NC(=O)Nc4cc(C(F)(F)F)ccc4F)c(F)c3)c12. The number of morpholine rings is 1. The minimum Gasteiger partial charge on any atom is -0.382 e. The third kappa shape index (κ3) is 5.67. The molecular formula is C26H22F5N7O3. The highest BCUT2D eigenvalue weighted by atomic mass is 19.4. The zero-order valence-electron chi connectivity index (χ0n) is 21.1. The molecule has 0 atom stereocenters. The molecule has 1 aliphatic rings. The van der Waals surface area contributed by atoms with Crippen molar-refractivity contribution in [3.63, 3.8) is 0 Å². The molecule has 1 aliphatic heterocycles. The highest BCUT2D eigenvalue weighted by Gasteiger charge is 2.31. The lowest BCUT2D eigenvalue weighted by Crippen LogP contribution is -2.36. The van der Waals surface area contributed by atoms with Gasteiger partial charge in [-0.3, -0.25) is 9.69 Å². The van der Waals surface area contributed by atoms with E-state index in [2.05, 4.69) is 20.3 Å². The molecule has 0 spiro atoms. The van der Waals surface area contributed by atoms with E-state index in [-0.39, 0.29) is 33.7 Å². The van der Waals surface area contributed by atoms with E-state index in [0.717, 1.165) is 6.07 Å². The number of nitrogen functional groups attached to an aromatic ring is 1. The van der Waals surface area contributed by atoms with Crippen LogP contribution in [0.15, 0.2) is 42.7 Å². The molecule has 1 fully saturated rings. The van der Waals surface area contributed by atoms with Crippen LogP contribution in [-0.2, 0) is 17.5 Å². The predicted octanol–water partition coefficient (Wildman–Crippen LogP) is 4.56. The molecule has 4 aromatic rings. The normalized spacial score (nSPS) is 14.3. The van der Waals surface area contributed by atoms with Crippen molar-refractivity contribution in [1.29, 1.82) is 0 Å². The van der Waals surface area contributed by atoms with Gasteiger partial charge in [-0.1, -0.05) is 6.07 Å². The number of carbonyl (C=O) groups is 2. The first-order valence-corrected chi connectivity index (χ1v) is 12.2. The Hall–Kier alpha value is -4.63. The number of nitrogens with zero attached hydrogens (tertiary/aromatic N) is 4. The van der Waals surface area contributed by atoms with Gasteiger partial charge in [-0.15, -0.1) is 0 Å². The van der Waals surface area contributed by atoms with E-state index in [1.165, 1.54) is 23.0 Å². The van der Waals surface area contributed by atoms with Crippen LogP contribution in [0, 0.1) is 11.6 Å². The molecule has 10 nitrogen and oxygen atoms in total. The Kier molecular flexibility index (Phi) is 7.55. The summed E-state index contributed by atoms with van der Waals surface area (Å²) in [6.07, 6.45) is -2.90. The van der Waals surface area contributed by atoms with Gasteiger partial charge in [-0.2, -0.15) is 18.3 Å². The van der Waals surface area contributed by atoms with E-state index in [1.54, 1.807) is 0 Å². The van der Waals surface area contributed by atoms with Gasteiger partial charge in [0.2, 0.25) is 0 Å². The second kappa shape index (κ2) is 11.1. The molecule has 0 radical (unpaired) electrons. The van der Waals surface area contributed by atoms with Gasteiger partial charge in [-0.25, -0.2) is 23.1 Å². The molecule has 0 saturated carbocycles. The third-order valence-corrected chi connectivity index (χ3v) is 6.53. The highest BCUT2D eigenvalue weighted by Crippen LogP contribution is 2.36. The van der Waals surface area contributed by atoms with Crippen LogP contribution in [0.25, 0.3) is 16.6 Å². The Morgan fingerprint density at radius 1 is 1.05 bits per heavy atom. The maximum atomic E-state index is 15.2. The largest absolute Gasteiger partial charge is 0.416 e. The van der Waals surface area contributed by atoms with Crippen molar-refractivity contribution in [2.24, 2.45) is 0 Å². The number of nitrogens with one attached hydrogen (secondary N) is 2. The summed E-state index contributed by atoms with van der Waals surface area (Å²) in [6.45, 7) is 2.64. The van der Waals surface area contributed by atoms with Crippen LogP contribution in [0.5, 0.6) is 0 Å². The molecule has 214 valence electrons. The van der Waals surface area contributed by atoms with Crippen LogP contribution in [0.3, 0.4) is 0 Å². The van der Waals surface area contributed by atoms with E-state index >= 15 is 4.39 Å². The van der Waals surface area contributed by atoms with Crippen molar-refractivity contribution in [2.75, 3.05) is 42.7 Å². The van der Waals surface area contributed by atoms with E-state index < -0.39 is 35.1 Å². The van der Waals surface area contributed by atoms with Gasteiger partial charge < -0.3 is 21.1 Å². The van der Waals surface area contributed by atoms with Crippen molar-refractivity contribution in [3.8, 4) is 11.1 Å². The quantitative estimate of drug-likeness (QED) is 0.227. The van der Waals surface area contributed by atoms with E-state index in [9.17, 15) is 27.2 Å². The Bertz CT molecular complexity index is 1630. The summed E-state index contributed by atoms with van der Waals surface area (Å²) < 4.78 is 75.0. The molecule has 41 heavy (non-hydrogen) atoms. The summed E-state index contributed by atoms with van der Waals surface area (Å²) in [5.74, 6) is -2.00. The van der Waals surface area contributed by atoms with Crippen LogP contribution in [-0.4, -0.2) is 58.1 Å². The van der Waals surface area contributed by atoms with Gasteiger partial charge in [0.05, 0.1) is 35.8 Å². The van der Waals surface area contributed by atoms with E-state index in [4.69, 9.17) is 10.5 Å². The molecule has 5 rings (SSSR count). The molecule has 2 aromatic carbocycles. The average molecular weight is 575 g/mol. The van der Waals surface area contributed by atoms with Crippen LogP contribution >= 0.6 is 0 Å². The number of aromatic nitrogens is 3. The summed E-state index contributed by atoms with van der Waals surface area (Å²) in [5, 5.41) is 8.35. The first-order chi connectivity index (χ1) is 19.6. The van der Waals surface area contributed by atoms with Crippen molar-refractivity contribution < 1.29 is 36.3 Å². The summed E-state index contributed by atoms with van der Waals surface area (Å²) in [4.78, 5) is 30.8. The Morgan fingerprint density at radius 3 is 2.46 bits per heavy atom. The number of alkyl halides is 3. The zero-order valence-corrected chi connectivity index (χ0v) is 21.1. The predicted molar refractivity (Wildman–Crippen MR) is 138 cm³/mol. The van der Waals surface area contributed by atoms with Crippen LogP contribution < -0.4 is 16.4 Å².